The van der Waals surface area contributed by atoms with Crippen molar-refractivity contribution < 1.29 is 23.1 Å². The molecule has 1 fully saturated rings. The highest BCUT2D eigenvalue weighted by atomic mass is 19.1. The molecule has 11 heteroatoms. The third-order valence-electron chi connectivity index (χ3n) is 7.37. The number of carbonyl (C=O) groups excluding carboxylic acids is 2. The van der Waals surface area contributed by atoms with Crippen LogP contribution < -0.4 is 10.1 Å². The average molecular weight is 575 g/mol. The maximum absolute atomic E-state index is 14.3. The highest BCUT2D eigenvalue weighted by Crippen LogP contribution is 2.27. The van der Waals surface area contributed by atoms with Gasteiger partial charge >= 0.3 is 0 Å². The SMILES string of the molecule is COc1ccc(CN(C(=O)Cn2nnc(-c3ccccc3F)n2)[C@@H](C(=O)NC2CCCCC2)c2ccc(F)cc2)cc1. The Hall–Kier alpha value is -4.67. The third-order valence-corrected chi connectivity index (χ3v) is 7.37. The van der Waals surface area contributed by atoms with E-state index in [-0.39, 0.29) is 36.4 Å². The van der Waals surface area contributed by atoms with Gasteiger partial charge in [0.25, 0.3) is 0 Å². The number of tetrazole rings is 1. The lowest BCUT2D eigenvalue weighted by Gasteiger charge is -2.33. The first kappa shape index (κ1) is 28.8. The van der Waals surface area contributed by atoms with Crippen molar-refractivity contribution in [1.82, 2.24) is 30.4 Å². The molecule has 2 amide bonds. The zero-order valence-corrected chi connectivity index (χ0v) is 23.2. The van der Waals surface area contributed by atoms with Crippen molar-refractivity contribution in [3.63, 3.8) is 0 Å². The number of hydrogen-bond acceptors (Lipinski definition) is 6. The normalized spacial score (nSPS) is 14.3. The van der Waals surface area contributed by atoms with Gasteiger partial charge in [-0.3, -0.25) is 9.59 Å². The molecule has 4 aromatic rings. The molecular weight excluding hydrogens is 542 g/mol. The molecule has 1 saturated carbocycles. The topological polar surface area (TPSA) is 102 Å². The summed E-state index contributed by atoms with van der Waals surface area (Å²) >= 11 is 0. The number of aromatic nitrogens is 4. The molecule has 0 bridgehead atoms. The van der Waals surface area contributed by atoms with Crippen molar-refractivity contribution in [1.29, 1.82) is 0 Å². The van der Waals surface area contributed by atoms with Crippen LogP contribution in [-0.4, -0.2) is 50.1 Å². The minimum absolute atomic E-state index is 0.00699. The van der Waals surface area contributed by atoms with Crippen molar-refractivity contribution in [3.8, 4) is 17.1 Å². The van der Waals surface area contributed by atoms with Gasteiger partial charge < -0.3 is 15.0 Å². The minimum Gasteiger partial charge on any atom is -0.497 e. The summed E-state index contributed by atoms with van der Waals surface area (Å²) in [5.74, 6) is -1.11. The average Bonchev–Trinajstić information content (AvgIpc) is 3.47. The second-order valence-corrected chi connectivity index (χ2v) is 10.3. The van der Waals surface area contributed by atoms with E-state index in [4.69, 9.17) is 4.74 Å². The maximum atomic E-state index is 14.3. The molecule has 1 aliphatic carbocycles. The van der Waals surface area contributed by atoms with Crippen LogP contribution in [0.1, 0.15) is 49.3 Å². The van der Waals surface area contributed by atoms with Gasteiger partial charge in [-0.1, -0.05) is 55.7 Å². The van der Waals surface area contributed by atoms with Gasteiger partial charge in [0, 0.05) is 12.6 Å². The Morgan fingerprint density at radius 2 is 1.71 bits per heavy atom. The quantitative estimate of drug-likeness (QED) is 0.291. The summed E-state index contributed by atoms with van der Waals surface area (Å²) in [5.41, 5.74) is 1.37. The Balaban J connectivity index is 1.48. The van der Waals surface area contributed by atoms with Crippen molar-refractivity contribution in [3.05, 3.63) is 95.6 Å². The van der Waals surface area contributed by atoms with E-state index in [1.54, 1.807) is 31.4 Å². The van der Waals surface area contributed by atoms with Gasteiger partial charge in [0.1, 0.15) is 30.0 Å². The molecular formula is C31H32F2N6O3. The Kier molecular flexibility index (Phi) is 9.15. The number of rotatable bonds is 10. The van der Waals surface area contributed by atoms with Crippen molar-refractivity contribution in [2.75, 3.05) is 7.11 Å². The number of hydrogen-bond donors (Lipinski definition) is 1. The largest absolute Gasteiger partial charge is 0.497 e. The lowest BCUT2D eigenvalue weighted by Crippen LogP contribution is -2.47. The molecule has 0 saturated heterocycles. The fourth-order valence-electron chi connectivity index (χ4n) is 5.17. The van der Waals surface area contributed by atoms with Crippen LogP contribution in [0.3, 0.4) is 0 Å². The number of halogens is 2. The molecule has 1 N–H and O–H groups in total. The van der Waals surface area contributed by atoms with E-state index in [2.05, 4.69) is 20.7 Å². The lowest BCUT2D eigenvalue weighted by molar-refractivity contribution is -0.142. The van der Waals surface area contributed by atoms with Crippen LogP contribution in [0, 0.1) is 11.6 Å². The van der Waals surface area contributed by atoms with E-state index in [0.29, 0.717) is 11.3 Å². The van der Waals surface area contributed by atoms with E-state index in [9.17, 15) is 18.4 Å². The van der Waals surface area contributed by atoms with E-state index >= 15 is 0 Å². The molecule has 1 aromatic heterocycles. The molecule has 3 aromatic carbocycles. The maximum Gasteiger partial charge on any atom is 0.247 e. The molecule has 1 atom stereocenters. The fourth-order valence-corrected chi connectivity index (χ4v) is 5.17. The van der Waals surface area contributed by atoms with E-state index in [1.807, 2.05) is 12.1 Å². The smallest absolute Gasteiger partial charge is 0.247 e. The monoisotopic (exact) mass is 574 g/mol. The predicted octanol–water partition coefficient (Wildman–Crippen LogP) is 4.85. The molecule has 0 spiro atoms. The van der Waals surface area contributed by atoms with Crippen molar-refractivity contribution in [2.45, 2.75) is 57.3 Å². The molecule has 218 valence electrons. The predicted molar refractivity (Wildman–Crippen MR) is 151 cm³/mol. The Morgan fingerprint density at radius 3 is 2.40 bits per heavy atom. The molecule has 42 heavy (non-hydrogen) atoms. The molecule has 9 nitrogen and oxygen atoms in total. The third kappa shape index (κ3) is 6.96. The van der Waals surface area contributed by atoms with Crippen molar-refractivity contribution >= 4 is 11.8 Å². The van der Waals surface area contributed by atoms with Gasteiger partial charge in [-0.2, -0.15) is 4.80 Å². The van der Waals surface area contributed by atoms with Gasteiger partial charge in [0.15, 0.2) is 0 Å². The summed E-state index contributed by atoms with van der Waals surface area (Å²) in [6.07, 6.45) is 4.87. The van der Waals surface area contributed by atoms with Crippen LogP contribution in [0.2, 0.25) is 0 Å². The van der Waals surface area contributed by atoms with Crippen LogP contribution in [-0.2, 0) is 22.7 Å². The van der Waals surface area contributed by atoms with Crippen LogP contribution in [0.15, 0.2) is 72.8 Å². The summed E-state index contributed by atoms with van der Waals surface area (Å²) < 4.78 is 33.5. The Morgan fingerprint density at radius 1 is 1.00 bits per heavy atom. The number of carbonyl (C=O) groups is 2. The summed E-state index contributed by atoms with van der Waals surface area (Å²) in [6, 6.07) is 17.7. The number of methoxy groups -OCH3 is 1. The summed E-state index contributed by atoms with van der Waals surface area (Å²) in [7, 11) is 1.56. The first-order chi connectivity index (χ1) is 20.4. The second-order valence-electron chi connectivity index (χ2n) is 10.3. The Bertz CT molecular complexity index is 1500. The molecule has 0 aliphatic heterocycles. The van der Waals surface area contributed by atoms with E-state index in [0.717, 1.165) is 42.5 Å². The number of amides is 2. The van der Waals surface area contributed by atoms with Gasteiger partial charge in [-0.05, 0) is 65.6 Å². The molecule has 5 rings (SSSR count). The highest BCUT2D eigenvalue weighted by Gasteiger charge is 2.33. The highest BCUT2D eigenvalue weighted by molar-refractivity contribution is 5.89. The molecule has 0 radical (unpaired) electrons. The molecule has 1 aliphatic rings. The lowest BCUT2D eigenvalue weighted by atomic mass is 9.94. The van der Waals surface area contributed by atoms with E-state index in [1.165, 1.54) is 41.3 Å². The zero-order valence-electron chi connectivity index (χ0n) is 23.2. The van der Waals surface area contributed by atoms with Crippen LogP contribution in [0.5, 0.6) is 5.75 Å². The minimum atomic E-state index is -1.06. The summed E-state index contributed by atoms with van der Waals surface area (Å²) in [5, 5.41) is 15.2. The van der Waals surface area contributed by atoms with Crippen LogP contribution >= 0.6 is 0 Å². The van der Waals surface area contributed by atoms with Gasteiger partial charge in [0.2, 0.25) is 17.6 Å². The second kappa shape index (κ2) is 13.3. The molecule has 1 heterocycles. The van der Waals surface area contributed by atoms with Crippen molar-refractivity contribution in [2.24, 2.45) is 0 Å². The fraction of sp³-hybridized carbons (Fsp3) is 0.323. The van der Waals surface area contributed by atoms with Crippen LogP contribution in [0.4, 0.5) is 8.78 Å². The summed E-state index contributed by atoms with van der Waals surface area (Å²) in [4.78, 5) is 30.4. The first-order valence-electron chi connectivity index (χ1n) is 13.9. The first-order valence-corrected chi connectivity index (χ1v) is 13.9. The zero-order chi connectivity index (χ0) is 29.5. The van der Waals surface area contributed by atoms with E-state index < -0.39 is 23.6 Å². The summed E-state index contributed by atoms with van der Waals surface area (Å²) in [6.45, 7) is -0.288. The van der Waals surface area contributed by atoms with Gasteiger partial charge in [-0.15, -0.1) is 10.2 Å². The number of benzene rings is 3. The van der Waals surface area contributed by atoms with Gasteiger partial charge in [-0.25, -0.2) is 8.78 Å². The van der Waals surface area contributed by atoms with Gasteiger partial charge in [0.05, 0.1) is 12.7 Å². The van der Waals surface area contributed by atoms with Crippen LogP contribution in [0.25, 0.3) is 11.4 Å². The Labute approximate surface area is 242 Å². The number of nitrogens with zero attached hydrogens (tertiary/aromatic N) is 5. The number of nitrogens with one attached hydrogen (secondary N) is 1. The standard InChI is InChI=1S/C31H32F2N6O3/c1-42-25-17-11-21(12-18-25)19-38(28(40)20-39-36-30(35-37-39)26-9-5-6-10-27(26)33)29(22-13-15-23(32)16-14-22)31(41)34-24-7-3-2-4-8-24/h5-6,9-18,24,29H,2-4,7-8,19-20H2,1H3,(H,34,41)/t29-/m1/s1. The molecule has 0 unspecified atom stereocenters. The number of ether oxygens (including phenoxy) is 1.